The summed E-state index contributed by atoms with van der Waals surface area (Å²) >= 11 is 0. The lowest BCUT2D eigenvalue weighted by Gasteiger charge is -2.40. The van der Waals surface area contributed by atoms with Crippen LogP contribution in [0, 0.1) is 0 Å². The van der Waals surface area contributed by atoms with Gasteiger partial charge in [0.15, 0.2) is 0 Å². The minimum atomic E-state index is -1.03. The van der Waals surface area contributed by atoms with Crippen LogP contribution >= 0.6 is 0 Å². The number of hydrogen-bond acceptors (Lipinski definition) is 2. The largest absolute Gasteiger partial charge is 0.306 e. The molecule has 3 nitrogen and oxygen atoms in total. The zero-order valence-electron chi connectivity index (χ0n) is 15.4. The van der Waals surface area contributed by atoms with Crippen LogP contribution in [0.3, 0.4) is 0 Å². The number of halogens is 1. The van der Waals surface area contributed by atoms with Crippen LogP contribution in [0.2, 0.25) is 0 Å². The van der Waals surface area contributed by atoms with Crippen LogP contribution in [-0.2, 0) is 11.2 Å². The number of anilines is 1. The molecule has 2 aromatic rings. The van der Waals surface area contributed by atoms with Crippen molar-refractivity contribution in [1.82, 2.24) is 4.90 Å². The van der Waals surface area contributed by atoms with Crippen molar-refractivity contribution in [2.75, 3.05) is 24.5 Å². The fourth-order valence-corrected chi connectivity index (χ4v) is 3.66. The highest BCUT2D eigenvalue weighted by molar-refractivity contribution is 5.93. The number of amides is 1. The number of para-hydroxylation sites is 1. The number of nitrogens with zero attached hydrogens (tertiary/aromatic N) is 2. The van der Waals surface area contributed by atoms with Gasteiger partial charge in [0, 0.05) is 31.7 Å². The molecule has 0 saturated carbocycles. The Morgan fingerprint density at radius 2 is 1.77 bits per heavy atom. The Labute approximate surface area is 155 Å². The molecule has 26 heavy (non-hydrogen) atoms. The molecule has 0 radical (unpaired) electrons. The molecular formula is C22H27FN2O. The Kier molecular flexibility index (Phi) is 6.40. The zero-order valence-corrected chi connectivity index (χ0v) is 15.4. The smallest absolute Gasteiger partial charge is 0.227 e. The molecule has 0 spiro atoms. The molecule has 0 bridgehead atoms. The zero-order chi connectivity index (χ0) is 18.4. The summed E-state index contributed by atoms with van der Waals surface area (Å²) in [5.41, 5.74) is 2.07. The van der Waals surface area contributed by atoms with Crippen molar-refractivity contribution in [2.24, 2.45) is 0 Å². The summed E-state index contributed by atoms with van der Waals surface area (Å²) < 4.78 is 15.0. The summed E-state index contributed by atoms with van der Waals surface area (Å²) in [6.07, 6.45) is 0.941. The molecule has 1 aliphatic heterocycles. The van der Waals surface area contributed by atoms with E-state index in [1.807, 2.05) is 55.5 Å². The Bertz CT molecular complexity index is 692. The normalized spacial score (nSPS) is 20.7. The molecule has 1 aliphatic rings. The standard InChI is InChI=1S/C22H27FN2O/c1-2-22(26)25(19-11-7-4-8-12-19)21-14-16-24(17-20(21)23)15-13-18-9-5-3-6-10-18/h3-12,20-21H,2,13-17H2,1H3/t20?,21-/m1/s1. The van der Waals surface area contributed by atoms with Gasteiger partial charge in [0.25, 0.3) is 0 Å². The first-order chi connectivity index (χ1) is 12.7. The quantitative estimate of drug-likeness (QED) is 0.780. The van der Waals surface area contributed by atoms with E-state index in [9.17, 15) is 4.79 Å². The first kappa shape index (κ1) is 18.6. The molecular weight excluding hydrogens is 327 g/mol. The van der Waals surface area contributed by atoms with E-state index in [0.717, 1.165) is 25.2 Å². The van der Waals surface area contributed by atoms with Crippen molar-refractivity contribution in [2.45, 2.75) is 38.4 Å². The number of alkyl halides is 1. The van der Waals surface area contributed by atoms with E-state index in [4.69, 9.17) is 0 Å². The van der Waals surface area contributed by atoms with E-state index in [1.54, 1.807) is 4.90 Å². The van der Waals surface area contributed by atoms with Gasteiger partial charge >= 0.3 is 0 Å². The summed E-state index contributed by atoms with van der Waals surface area (Å²) in [5, 5.41) is 0. The van der Waals surface area contributed by atoms with Gasteiger partial charge in [-0.2, -0.15) is 0 Å². The molecule has 1 unspecified atom stereocenters. The van der Waals surface area contributed by atoms with Gasteiger partial charge in [0.1, 0.15) is 6.17 Å². The molecule has 0 aliphatic carbocycles. The van der Waals surface area contributed by atoms with Crippen LogP contribution < -0.4 is 4.90 Å². The molecule has 1 saturated heterocycles. The van der Waals surface area contributed by atoms with Crippen molar-refractivity contribution in [1.29, 1.82) is 0 Å². The molecule has 2 aromatic carbocycles. The highest BCUT2D eigenvalue weighted by Gasteiger charge is 2.35. The third-order valence-corrected chi connectivity index (χ3v) is 5.09. The molecule has 4 heteroatoms. The van der Waals surface area contributed by atoms with Gasteiger partial charge < -0.3 is 4.90 Å². The Balaban J connectivity index is 1.64. The highest BCUT2D eigenvalue weighted by Crippen LogP contribution is 2.26. The van der Waals surface area contributed by atoms with E-state index in [1.165, 1.54) is 5.56 Å². The lowest BCUT2D eigenvalue weighted by atomic mass is 9.99. The van der Waals surface area contributed by atoms with Gasteiger partial charge in [-0.1, -0.05) is 55.5 Å². The Morgan fingerprint density at radius 3 is 2.38 bits per heavy atom. The number of piperidine rings is 1. The summed E-state index contributed by atoms with van der Waals surface area (Å²) in [6.45, 7) is 3.89. The van der Waals surface area contributed by atoms with E-state index in [2.05, 4.69) is 17.0 Å². The highest BCUT2D eigenvalue weighted by atomic mass is 19.1. The second-order valence-electron chi connectivity index (χ2n) is 6.86. The van der Waals surface area contributed by atoms with E-state index < -0.39 is 6.17 Å². The Hall–Kier alpha value is -2.20. The fourth-order valence-electron chi connectivity index (χ4n) is 3.66. The van der Waals surface area contributed by atoms with Gasteiger partial charge in [-0.25, -0.2) is 4.39 Å². The average molecular weight is 354 g/mol. The third kappa shape index (κ3) is 4.50. The summed E-state index contributed by atoms with van der Waals surface area (Å²) in [4.78, 5) is 16.3. The molecule has 0 aromatic heterocycles. The van der Waals surface area contributed by atoms with E-state index in [-0.39, 0.29) is 11.9 Å². The minimum Gasteiger partial charge on any atom is -0.306 e. The van der Waals surface area contributed by atoms with Gasteiger partial charge in [-0.15, -0.1) is 0 Å². The van der Waals surface area contributed by atoms with Crippen molar-refractivity contribution >= 4 is 11.6 Å². The summed E-state index contributed by atoms with van der Waals surface area (Å²) in [6, 6.07) is 19.4. The molecule has 1 fully saturated rings. The first-order valence-electron chi connectivity index (χ1n) is 9.46. The second kappa shape index (κ2) is 8.95. The number of carbonyl (C=O) groups is 1. The molecule has 0 N–H and O–H groups in total. The second-order valence-corrected chi connectivity index (χ2v) is 6.86. The summed E-state index contributed by atoms with van der Waals surface area (Å²) in [7, 11) is 0. The summed E-state index contributed by atoms with van der Waals surface area (Å²) in [5.74, 6) is -0.0124. The monoisotopic (exact) mass is 354 g/mol. The maximum absolute atomic E-state index is 15.0. The SMILES string of the molecule is CCC(=O)N(c1ccccc1)[C@@H]1CCN(CCc2ccccc2)CC1F. The number of carbonyl (C=O) groups excluding carboxylic acids is 1. The number of rotatable bonds is 6. The van der Waals surface area contributed by atoms with Crippen molar-refractivity contribution < 1.29 is 9.18 Å². The van der Waals surface area contributed by atoms with Crippen molar-refractivity contribution in [3.8, 4) is 0 Å². The van der Waals surface area contributed by atoms with Gasteiger partial charge in [-0.05, 0) is 30.5 Å². The lowest BCUT2D eigenvalue weighted by molar-refractivity contribution is -0.119. The van der Waals surface area contributed by atoms with Crippen LogP contribution in [0.15, 0.2) is 60.7 Å². The van der Waals surface area contributed by atoms with Crippen LogP contribution in [-0.4, -0.2) is 42.7 Å². The topological polar surface area (TPSA) is 23.6 Å². The van der Waals surface area contributed by atoms with E-state index in [0.29, 0.717) is 19.4 Å². The number of likely N-dealkylation sites (tertiary alicyclic amines) is 1. The fraction of sp³-hybridized carbons (Fsp3) is 0.409. The minimum absolute atomic E-state index is 0.0124. The first-order valence-corrected chi connectivity index (χ1v) is 9.46. The van der Waals surface area contributed by atoms with Gasteiger partial charge in [-0.3, -0.25) is 9.69 Å². The predicted molar refractivity (Wildman–Crippen MR) is 104 cm³/mol. The maximum Gasteiger partial charge on any atom is 0.227 e. The predicted octanol–water partition coefficient (Wildman–Crippen LogP) is 4.08. The third-order valence-electron chi connectivity index (χ3n) is 5.09. The molecule has 3 rings (SSSR count). The molecule has 1 heterocycles. The van der Waals surface area contributed by atoms with Crippen molar-refractivity contribution in [3.05, 3.63) is 66.2 Å². The van der Waals surface area contributed by atoms with Gasteiger partial charge in [0.05, 0.1) is 6.04 Å². The van der Waals surface area contributed by atoms with Crippen LogP contribution in [0.1, 0.15) is 25.3 Å². The van der Waals surface area contributed by atoms with Crippen LogP contribution in [0.25, 0.3) is 0 Å². The number of benzene rings is 2. The molecule has 1 amide bonds. The maximum atomic E-state index is 15.0. The van der Waals surface area contributed by atoms with Crippen LogP contribution in [0.5, 0.6) is 0 Å². The number of hydrogen-bond donors (Lipinski definition) is 0. The van der Waals surface area contributed by atoms with Crippen molar-refractivity contribution in [3.63, 3.8) is 0 Å². The molecule has 138 valence electrons. The molecule has 2 atom stereocenters. The van der Waals surface area contributed by atoms with Crippen LogP contribution in [0.4, 0.5) is 10.1 Å². The Morgan fingerprint density at radius 1 is 1.12 bits per heavy atom. The van der Waals surface area contributed by atoms with Gasteiger partial charge in [0.2, 0.25) is 5.91 Å². The van der Waals surface area contributed by atoms with E-state index >= 15 is 4.39 Å². The average Bonchev–Trinajstić information content (AvgIpc) is 2.69. The lowest BCUT2D eigenvalue weighted by Crippen LogP contribution is -2.54.